The Balaban J connectivity index is 1.65. The molecule has 0 fully saturated rings. The van der Waals surface area contributed by atoms with E-state index in [4.69, 9.17) is 0 Å². The summed E-state index contributed by atoms with van der Waals surface area (Å²) >= 11 is 0. The lowest BCUT2D eigenvalue weighted by atomic mass is 9.98. The summed E-state index contributed by atoms with van der Waals surface area (Å²) in [4.78, 5) is 36.2. The van der Waals surface area contributed by atoms with Gasteiger partial charge in [-0.05, 0) is 38.1 Å². The van der Waals surface area contributed by atoms with Gasteiger partial charge in [-0.25, -0.2) is 8.78 Å². The van der Waals surface area contributed by atoms with E-state index in [1.807, 2.05) is 13.0 Å². The summed E-state index contributed by atoms with van der Waals surface area (Å²) in [6.45, 7) is 3.34. The maximum atomic E-state index is 13.3. The quantitative estimate of drug-likeness (QED) is 0.673. The fourth-order valence-electron chi connectivity index (χ4n) is 3.66. The fourth-order valence-corrected chi connectivity index (χ4v) is 3.66. The Morgan fingerprint density at radius 1 is 1.16 bits per heavy atom. The molecule has 1 N–H and O–H groups in total. The molecule has 0 saturated carbocycles. The summed E-state index contributed by atoms with van der Waals surface area (Å²) in [5, 5.41) is 2.67. The fraction of sp³-hybridized carbons (Fsp3) is 0.217. The van der Waals surface area contributed by atoms with Crippen LogP contribution in [-0.2, 0) is 9.59 Å². The number of aromatic nitrogens is 2. The number of amides is 2. The highest BCUT2D eigenvalue weighted by atomic mass is 19.3. The van der Waals surface area contributed by atoms with Gasteiger partial charge in [-0.15, -0.1) is 0 Å². The summed E-state index contributed by atoms with van der Waals surface area (Å²) in [5.74, 6) is -1.25. The lowest BCUT2D eigenvalue weighted by Crippen LogP contribution is -2.40. The first-order chi connectivity index (χ1) is 14.8. The van der Waals surface area contributed by atoms with Crippen LogP contribution >= 0.6 is 0 Å². The molecule has 0 saturated heterocycles. The molecule has 6 nitrogen and oxygen atoms in total. The van der Waals surface area contributed by atoms with Crippen molar-refractivity contribution in [1.29, 1.82) is 0 Å². The minimum absolute atomic E-state index is 0.128. The van der Waals surface area contributed by atoms with Crippen LogP contribution in [0.15, 0.2) is 54.9 Å². The Hall–Kier alpha value is -3.68. The number of aryl methyl sites for hydroxylation is 1. The third-order valence-electron chi connectivity index (χ3n) is 5.23. The van der Waals surface area contributed by atoms with Crippen molar-refractivity contribution < 1.29 is 18.4 Å². The van der Waals surface area contributed by atoms with E-state index in [-0.39, 0.29) is 18.0 Å². The Bertz CT molecular complexity index is 1150. The number of carbonyl (C=O) groups excluding carboxylic acids is 2. The number of benzene rings is 1. The standard InChI is InChI=1S/C23H20F2N4O2/c1-13-10-19-18(11-27-13)17-4-3-9-26-21(17)14(2)23(31)29(19)12-20(30)28-16-7-5-15(6-8-16)22(24)25/h3-11,14,22H,12H2,1-2H3,(H,28,30)/t14-/m1/s1. The second kappa shape index (κ2) is 8.22. The normalized spacial score (nSPS) is 15.3. The number of halogens is 2. The molecule has 1 atom stereocenters. The average molecular weight is 422 g/mol. The molecule has 4 rings (SSSR count). The van der Waals surface area contributed by atoms with Crippen molar-refractivity contribution in [3.63, 3.8) is 0 Å². The van der Waals surface area contributed by atoms with E-state index in [0.29, 0.717) is 22.8 Å². The molecule has 1 aliphatic rings. The Kier molecular flexibility index (Phi) is 5.46. The van der Waals surface area contributed by atoms with Gasteiger partial charge in [0.2, 0.25) is 11.8 Å². The zero-order chi connectivity index (χ0) is 22.1. The summed E-state index contributed by atoms with van der Waals surface area (Å²) in [5.41, 5.74) is 3.69. The average Bonchev–Trinajstić information content (AvgIpc) is 2.84. The molecule has 0 aliphatic carbocycles. The second-order valence-electron chi connectivity index (χ2n) is 7.40. The van der Waals surface area contributed by atoms with E-state index < -0.39 is 18.3 Å². The zero-order valence-electron chi connectivity index (χ0n) is 17.0. The topological polar surface area (TPSA) is 75.2 Å². The smallest absolute Gasteiger partial charge is 0.263 e. The van der Waals surface area contributed by atoms with Crippen LogP contribution in [0, 0.1) is 6.92 Å². The molecule has 3 aromatic rings. The van der Waals surface area contributed by atoms with E-state index >= 15 is 0 Å². The van der Waals surface area contributed by atoms with Gasteiger partial charge in [-0.3, -0.25) is 19.6 Å². The van der Waals surface area contributed by atoms with Gasteiger partial charge in [0, 0.05) is 40.5 Å². The molecule has 0 radical (unpaired) electrons. The molecular weight excluding hydrogens is 402 g/mol. The number of hydrogen-bond acceptors (Lipinski definition) is 4. The summed E-state index contributed by atoms with van der Waals surface area (Å²) in [6.07, 6.45) is 0.740. The molecule has 3 heterocycles. The van der Waals surface area contributed by atoms with Crippen molar-refractivity contribution >= 4 is 23.2 Å². The number of rotatable bonds is 4. The van der Waals surface area contributed by atoms with Crippen molar-refractivity contribution in [3.8, 4) is 11.1 Å². The molecular formula is C23H20F2N4O2. The van der Waals surface area contributed by atoms with Crippen LogP contribution in [0.4, 0.5) is 20.2 Å². The number of fused-ring (bicyclic) bond motifs is 3. The SMILES string of the molecule is Cc1cc2c(cn1)-c1cccnc1[C@@H](C)C(=O)N2CC(=O)Nc1ccc(C(F)F)cc1. The predicted octanol–water partition coefficient (Wildman–Crippen LogP) is 4.48. The maximum Gasteiger partial charge on any atom is 0.263 e. The first kappa shape index (κ1) is 20.6. The van der Waals surface area contributed by atoms with E-state index in [0.717, 1.165) is 11.1 Å². The van der Waals surface area contributed by atoms with Gasteiger partial charge in [0.1, 0.15) is 6.54 Å². The number of carbonyl (C=O) groups is 2. The Morgan fingerprint density at radius 3 is 2.61 bits per heavy atom. The van der Waals surface area contributed by atoms with Crippen molar-refractivity contribution in [2.24, 2.45) is 0 Å². The number of nitrogens with one attached hydrogen (secondary N) is 1. The molecule has 0 unspecified atom stereocenters. The summed E-state index contributed by atoms with van der Waals surface area (Å²) in [7, 11) is 0. The monoisotopic (exact) mass is 422 g/mol. The van der Waals surface area contributed by atoms with Gasteiger partial charge >= 0.3 is 0 Å². The molecule has 158 valence electrons. The van der Waals surface area contributed by atoms with Gasteiger partial charge in [-0.2, -0.15) is 0 Å². The van der Waals surface area contributed by atoms with Crippen LogP contribution in [0.5, 0.6) is 0 Å². The van der Waals surface area contributed by atoms with Crippen molar-refractivity contribution in [3.05, 3.63) is 71.8 Å². The van der Waals surface area contributed by atoms with Crippen LogP contribution in [0.3, 0.4) is 0 Å². The lowest BCUT2D eigenvalue weighted by Gasteiger charge is -2.24. The number of pyridine rings is 2. The Morgan fingerprint density at radius 2 is 1.90 bits per heavy atom. The van der Waals surface area contributed by atoms with Gasteiger partial charge in [-0.1, -0.05) is 18.2 Å². The van der Waals surface area contributed by atoms with Gasteiger partial charge in [0.15, 0.2) is 0 Å². The minimum atomic E-state index is -2.58. The molecule has 8 heteroatoms. The van der Waals surface area contributed by atoms with E-state index in [1.165, 1.54) is 29.2 Å². The van der Waals surface area contributed by atoms with E-state index in [9.17, 15) is 18.4 Å². The minimum Gasteiger partial charge on any atom is -0.325 e. The van der Waals surface area contributed by atoms with Gasteiger partial charge in [0.05, 0.1) is 17.3 Å². The molecule has 1 aromatic carbocycles. The highest BCUT2D eigenvalue weighted by Gasteiger charge is 2.33. The number of anilines is 2. The highest BCUT2D eigenvalue weighted by Crippen LogP contribution is 2.39. The number of hydrogen-bond donors (Lipinski definition) is 1. The summed E-state index contributed by atoms with van der Waals surface area (Å²) in [6, 6.07) is 10.8. The third-order valence-corrected chi connectivity index (χ3v) is 5.23. The van der Waals surface area contributed by atoms with Crippen LogP contribution in [0.2, 0.25) is 0 Å². The number of alkyl halides is 2. The highest BCUT2D eigenvalue weighted by molar-refractivity contribution is 6.09. The van der Waals surface area contributed by atoms with Crippen molar-refractivity contribution in [1.82, 2.24) is 9.97 Å². The van der Waals surface area contributed by atoms with Crippen LogP contribution < -0.4 is 10.2 Å². The molecule has 0 spiro atoms. The van der Waals surface area contributed by atoms with Crippen LogP contribution in [0.1, 0.15) is 36.2 Å². The molecule has 1 aliphatic heterocycles. The largest absolute Gasteiger partial charge is 0.325 e. The predicted molar refractivity (Wildman–Crippen MR) is 113 cm³/mol. The van der Waals surface area contributed by atoms with Gasteiger partial charge in [0.25, 0.3) is 6.43 Å². The Labute approximate surface area is 177 Å². The molecule has 2 aromatic heterocycles. The van der Waals surface area contributed by atoms with E-state index in [1.54, 1.807) is 31.5 Å². The molecule has 0 bridgehead atoms. The first-order valence-corrected chi connectivity index (χ1v) is 9.76. The molecule has 31 heavy (non-hydrogen) atoms. The zero-order valence-corrected chi connectivity index (χ0v) is 17.0. The number of nitrogens with zero attached hydrogens (tertiary/aromatic N) is 3. The maximum absolute atomic E-state index is 13.3. The van der Waals surface area contributed by atoms with Gasteiger partial charge < -0.3 is 10.2 Å². The third kappa shape index (κ3) is 4.01. The van der Waals surface area contributed by atoms with Crippen LogP contribution in [0.25, 0.3) is 11.1 Å². The first-order valence-electron chi connectivity index (χ1n) is 9.76. The second-order valence-corrected chi connectivity index (χ2v) is 7.40. The lowest BCUT2D eigenvalue weighted by molar-refractivity contribution is -0.122. The van der Waals surface area contributed by atoms with Crippen LogP contribution in [-0.4, -0.2) is 28.3 Å². The molecule has 2 amide bonds. The van der Waals surface area contributed by atoms with Crippen molar-refractivity contribution in [2.45, 2.75) is 26.2 Å². The summed E-state index contributed by atoms with van der Waals surface area (Å²) < 4.78 is 25.5. The van der Waals surface area contributed by atoms with E-state index in [2.05, 4.69) is 15.3 Å². The van der Waals surface area contributed by atoms with Crippen molar-refractivity contribution in [2.75, 3.05) is 16.8 Å².